The van der Waals surface area contributed by atoms with E-state index >= 15 is 0 Å². The van der Waals surface area contributed by atoms with E-state index in [-0.39, 0.29) is 30.2 Å². The van der Waals surface area contributed by atoms with Gasteiger partial charge in [-0.1, -0.05) is 18.2 Å². The van der Waals surface area contributed by atoms with Crippen molar-refractivity contribution in [1.82, 2.24) is 4.98 Å². The molecule has 1 aliphatic rings. The zero-order valence-corrected chi connectivity index (χ0v) is 10.8. The molecule has 1 fully saturated rings. The molecular weight excluding hydrogens is 257 g/mol. The van der Waals surface area contributed by atoms with Crippen LogP contribution >= 0.6 is 0 Å². The van der Waals surface area contributed by atoms with Crippen molar-refractivity contribution >= 4 is 5.97 Å². The molecule has 3 rings (SSSR count). The Morgan fingerprint density at radius 2 is 2.10 bits per heavy atom. The van der Waals surface area contributed by atoms with E-state index in [1.54, 1.807) is 24.5 Å². The number of carbonyl (C=O) groups excluding carboxylic acids is 1. The van der Waals surface area contributed by atoms with Crippen molar-refractivity contribution in [3.8, 4) is 0 Å². The van der Waals surface area contributed by atoms with Gasteiger partial charge in [-0.2, -0.15) is 0 Å². The van der Waals surface area contributed by atoms with E-state index in [1.165, 1.54) is 12.1 Å². The second-order valence-corrected chi connectivity index (χ2v) is 4.97. The van der Waals surface area contributed by atoms with Crippen molar-refractivity contribution in [2.24, 2.45) is 5.92 Å². The van der Waals surface area contributed by atoms with Crippen LogP contribution in [0.15, 0.2) is 48.8 Å². The van der Waals surface area contributed by atoms with Gasteiger partial charge in [0.15, 0.2) is 0 Å². The number of aromatic nitrogens is 1. The maximum atomic E-state index is 12.8. The fourth-order valence-corrected chi connectivity index (χ4v) is 2.28. The number of hydrogen-bond donors (Lipinski definition) is 0. The van der Waals surface area contributed by atoms with E-state index in [1.807, 2.05) is 12.1 Å². The minimum absolute atomic E-state index is 0.0999. The third-order valence-electron chi connectivity index (χ3n) is 3.50. The van der Waals surface area contributed by atoms with Crippen LogP contribution in [-0.2, 0) is 16.1 Å². The first kappa shape index (κ1) is 12.8. The summed E-state index contributed by atoms with van der Waals surface area (Å²) in [5.41, 5.74) is 1.87. The van der Waals surface area contributed by atoms with E-state index < -0.39 is 0 Å². The number of halogens is 1. The van der Waals surface area contributed by atoms with Crippen molar-refractivity contribution in [2.45, 2.75) is 18.9 Å². The summed E-state index contributed by atoms with van der Waals surface area (Å²) >= 11 is 0. The summed E-state index contributed by atoms with van der Waals surface area (Å²) in [6, 6.07) is 9.98. The Bertz CT molecular complexity index is 598. The van der Waals surface area contributed by atoms with E-state index in [9.17, 15) is 9.18 Å². The van der Waals surface area contributed by atoms with Crippen LogP contribution in [0, 0.1) is 11.7 Å². The van der Waals surface area contributed by atoms with E-state index in [0.29, 0.717) is 0 Å². The first-order valence-electron chi connectivity index (χ1n) is 6.55. The van der Waals surface area contributed by atoms with Gasteiger partial charge in [-0.05, 0) is 36.1 Å². The van der Waals surface area contributed by atoms with Crippen LogP contribution in [0.1, 0.15) is 23.5 Å². The van der Waals surface area contributed by atoms with Gasteiger partial charge in [0.2, 0.25) is 0 Å². The topological polar surface area (TPSA) is 39.2 Å². The van der Waals surface area contributed by atoms with Gasteiger partial charge < -0.3 is 4.74 Å². The van der Waals surface area contributed by atoms with Crippen molar-refractivity contribution in [1.29, 1.82) is 0 Å². The van der Waals surface area contributed by atoms with Gasteiger partial charge in [0, 0.05) is 18.0 Å². The Hall–Kier alpha value is -2.23. The average molecular weight is 271 g/mol. The average Bonchev–Trinajstić information content (AvgIpc) is 3.27. The Labute approximate surface area is 116 Å². The maximum Gasteiger partial charge on any atom is 0.309 e. The Kier molecular flexibility index (Phi) is 3.46. The van der Waals surface area contributed by atoms with E-state index in [2.05, 4.69) is 4.98 Å². The Morgan fingerprint density at radius 3 is 2.80 bits per heavy atom. The van der Waals surface area contributed by atoms with Gasteiger partial charge in [0.05, 0.1) is 5.92 Å². The van der Waals surface area contributed by atoms with Gasteiger partial charge >= 0.3 is 5.97 Å². The molecule has 1 heterocycles. The predicted octanol–water partition coefficient (Wildman–Crippen LogP) is 3.07. The molecule has 0 radical (unpaired) electrons. The smallest absolute Gasteiger partial charge is 0.309 e. The largest absolute Gasteiger partial charge is 0.461 e. The number of rotatable bonds is 4. The first-order valence-corrected chi connectivity index (χ1v) is 6.55. The van der Waals surface area contributed by atoms with Gasteiger partial charge in [0.25, 0.3) is 0 Å². The fourth-order valence-electron chi connectivity index (χ4n) is 2.28. The summed E-state index contributed by atoms with van der Waals surface area (Å²) < 4.78 is 18.1. The molecule has 1 aliphatic carbocycles. The summed E-state index contributed by atoms with van der Waals surface area (Å²) in [7, 11) is 0. The quantitative estimate of drug-likeness (QED) is 0.802. The van der Waals surface area contributed by atoms with Gasteiger partial charge in [-0.15, -0.1) is 0 Å². The standard InChI is InChI=1S/C16H14FNO2/c17-13-5-3-12(4-6-13)14-8-15(14)16(19)20-10-11-2-1-7-18-9-11/h1-7,9,14-15H,8,10H2. The number of pyridine rings is 1. The maximum absolute atomic E-state index is 12.8. The van der Waals surface area contributed by atoms with Crippen LogP contribution in [0.25, 0.3) is 0 Å². The molecule has 2 aromatic rings. The summed E-state index contributed by atoms with van der Waals surface area (Å²) in [6.45, 7) is 0.249. The molecular formula is C16H14FNO2. The summed E-state index contributed by atoms with van der Waals surface area (Å²) in [5.74, 6) is -0.387. The third kappa shape index (κ3) is 2.85. The number of carbonyl (C=O) groups is 1. The van der Waals surface area contributed by atoms with Gasteiger partial charge in [-0.25, -0.2) is 4.39 Å². The zero-order valence-electron chi connectivity index (χ0n) is 10.8. The molecule has 0 N–H and O–H groups in total. The molecule has 0 bridgehead atoms. The Morgan fingerprint density at radius 1 is 1.30 bits per heavy atom. The molecule has 1 aromatic heterocycles. The second kappa shape index (κ2) is 5.41. The molecule has 0 saturated heterocycles. The second-order valence-electron chi connectivity index (χ2n) is 4.97. The van der Waals surface area contributed by atoms with E-state index in [4.69, 9.17) is 4.74 Å². The molecule has 4 heteroatoms. The highest BCUT2D eigenvalue weighted by Gasteiger charge is 2.45. The van der Waals surface area contributed by atoms with Crippen LogP contribution in [0.4, 0.5) is 4.39 Å². The van der Waals surface area contributed by atoms with Crippen LogP contribution in [0.2, 0.25) is 0 Å². The highest BCUT2D eigenvalue weighted by molar-refractivity contribution is 5.77. The van der Waals surface area contributed by atoms with Crippen molar-refractivity contribution in [3.63, 3.8) is 0 Å². The lowest BCUT2D eigenvalue weighted by Crippen LogP contribution is -2.08. The Balaban J connectivity index is 1.54. The summed E-state index contributed by atoms with van der Waals surface area (Å²) in [4.78, 5) is 15.9. The SMILES string of the molecule is O=C(OCc1cccnc1)C1CC1c1ccc(F)cc1. The third-order valence-corrected chi connectivity index (χ3v) is 3.50. The first-order chi connectivity index (χ1) is 9.74. The molecule has 0 amide bonds. The van der Waals surface area contributed by atoms with Gasteiger partial charge in [-0.3, -0.25) is 9.78 Å². The predicted molar refractivity (Wildman–Crippen MR) is 71.3 cm³/mol. The van der Waals surface area contributed by atoms with Crippen LogP contribution < -0.4 is 0 Å². The molecule has 0 spiro atoms. The number of hydrogen-bond acceptors (Lipinski definition) is 3. The van der Waals surface area contributed by atoms with Crippen LogP contribution in [-0.4, -0.2) is 11.0 Å². The van der Waals surface area contributed by atoms with Crippen molar-refractivity contribution < 1.29 is 13.9 Å². The fraction of sp³-hybridized carbons (Fsp3) is 0.250. The lowest BCUT2D eigenvalue weighted by molar-refractivity contribution is -0.146. The van der Waals surface area contributed by atoms with Crippen molar-refractivity contribution in [2.75, 3.05) is 0 Å². The highest BCUT2D eigenvalue weighted by atomic mass is 19.1. The van der Waals surface area contributed by atoms with E-state index in [0.717, 1.165) is 17.5 Å². The number of ether oxygens (including phenoxy) is 1. The van der Waals surface area contributed by atoms with Crippen LogP contribution in [0.5, 0.6) is 0 Å². The number of esters is 1. The number of benzene rings is 1. The van der Waals surface area contributed by atoms with Crippen LogP contribution in [0.3, 0.4) is 0 Å². The molecule has 20 heavy (non-hydrogen) atoms. The zero-order chi connectivity index (χ0) is 13.9. The number of nitrogens with zero attached hydrogens (tertiary/aromatic N) is 1. The summed E-state index contributed by atoms with van der Waals surface area (Å²) in [5, 5.41) is 0. The lowest BCUT2D eigenvalue weighted by Gasteiger charge is -2.04. The highest BCUT2D eigenvalue weighted by Crippen LogP contribution is 2.48. The summed E-state index contributed by atoms with van der Waals surface area (Å²) in [6.07, 6.45) is 4.13. The lowest BCUT2D eigenvalue weighted by atomic mass is 10.1. The van der Waals surface area contributed by atoms with Crippen molar-refractivity contribution in [3.05, 3.63) is 65.7 Å². The monoisotopic (exact) mass is 271 g/mol. The van der Waals surface area contributed by atoms with Gasteiger partial charge in [0.1, 0.15) is 12.4 Å². The molecule has 2 atom stereocenters. The molecule has 1 aromatic carbocycles. The molecule has 3 nitrogen and oxygen atoms in total. The minimum atomic E-state index is -0.259. The molecule has 2 unspecified atom stereocenters. The molecule has 0 aliphatic heterocycles. The minimum Gasteiger partial charge on any atom is -0.461 e. The normalized spacial score (nSPS) is 20.4. The molecule has 102 valence electrons. The molecule has 1 saturated carbocycles.